The molecule has 0 spiro atoms. The smallest absolute Gasteiger partial charge is 0.337 e. The summed E-state index contributed by atoms with van der Waals surface area (Å²) in [7, 11) is 0. The van der Waals surface area contributed by atoms with Crippen LogP contribution in [0, 0.1) is 0 Å². The first-order chi connectivity index (χ1) is 6.50. The number of aromatic nitrogens is 1. The Kier molecular flexibility index (Phi) is 3.52. The van der Waals surface area contributed by atoms with Gasteiger partial charge in [-0.1, -0.05) is 11.6 Å². The monoisotopic (exact) mass is 257 g/mol. The summed E-state index contributed by atoms with van der Waals surface area (Å²) in [6, 6.07) is 1.60. The molecule has 0 bridgehead atoms. The maximum absolute atomic E-state index is 10.7. The van der Waals surface area contributed by atoms with Crippen molar-refractivity contribution in [3.05, 3.63) is 34.1 Å². The van der Waals surface area contributed by atoms with Crippen molar-refractivity contribution in [1.82, 2.24) is 4.57 Å². The third kappa shape index (κ3) is 2.73. The zero-order chi connectivity index (χ0) is 10.7. The first-order valence-electron chi connectivity index (χ1n) is 4.23. The summed E-state index contributed by atoms with van der Waals surface area (Å²) >= 11 is 3.31. The minimum atomic E-state index is -0.901. The number of rotatable bonds is 3. The molecule has 0 aliphatic heterocycles. The third-order valence-corrected chi connectivity index (χ3v) is 2.47. The summed E-state index contributed by atoms with van der Waals surface area (Å²) in [5.41, 5.74) is 1.52. The van der Waals surface area contributed by atoms with Crippen molar-refractivity contribution in [1.29, 1.82) is 0 Å². The number of carbonyl (C=O) groups is 1. The van der Waals surface area contributed by atoms with E-state index in [2.05, 4.69) is 15.9 Å². The van der Waals surface area contributed by atoms with Crippen molar-refractivity contribution in [3.63, 3.8) is 0 Å². The minimum absolute atomic E-state index is 0.305. The largest absolute Gasteiger partial charge is 0.478 e. The summed E-state index contributed by atoms with van der Waals surface area (Å²) in [6.45, 7) is 4.71. The van der Waals surface area contributed by atoms with Gasteiger partial charge in [0.25, 0.3) is 0 Å². The summed E-state index contributed by atoms with van der Waals surface area (Å²) in [5.74, 6) is -0.901. The number of hydrogen-bond donors (Lipinski definition) is 1. The van der Waals surface area contributed by atoms with Crippen molar-refractivity contribution in [2.24, 2.45) is 0 Å². The lowest BCUT2D eigenvalue weighted by Crippen LogP contribution is -1.95. The van der Waals surface area contributed by atoms with Crippen molar-refractivity contribution < 1.29 is 9.90 Å². The Balaban J connectivity index is 2.88. The highest BCUT2D eigenvalue weighted by Gasteiger charge is 2.07. The van der Waals surface area contributed by atoms with E-state index in [9.17, 15) is 4.79 Å². The van der Waals surface area contributed by atoms with Gasteiger partial charge in [-0.3, -0.25) is 0 Å². The first kappa shape index (κ1) is 11.0. The molecule has 0 saturated heterocycles. The van der Waals surface area contributed by atoms with E-state index in [4.69, 9.17) is 5.11 Å². The van der Waals surface area contributed by atoms with E-state index < -0.39 is 5.97 Å². The first-order valence-corrected chi connectivity index (χ1v) is 5.02. The summed E-state index contributed by atoms with van der Waals surface area (Å²) < 4.78 is 2.63. The molecular formula is C10H12BrNO2. The van der Waals surface area contributed by atoms with Crippen LogP contribution in [-0.2, 0) is 6.54 Å². The van der Waals surface area contributed by atoms with Gasteiger partial charge in [-0.25, -0.2) is 4.79 Å². The molecule has 0 aliphatic carbocycles. The van der Waals surface area contributed by atoms with E-state index in [1.54, 1.807) is 12.3 Å². The molecule has 0 amide bonds. The lowest BCUT2D eigenvalue weighted by Gasteiger charge is -1.99. The van der Waals surface area contributed by atoms with Crippen LogP contribution >= 0.6 is 15.9 Å². The highest BCUT2D eigenvalue weighted by Crippen LogP contribution is 2.15. The number of hydrogen-bond acceptors (Lipinski definition) is 1. The SMILES string of the molecule is CC(C)=CCn1cc(C(=O)O)cc1Br. The number of nitrogens with zero attached hydrogens (tertiary/aromatic N) is 1. The molecular weight excluding hydrogens is 246 g/mol. The van der Waals surface area contributed by atoms with Crippen LogP contribution in [0.2, 0.25) is 0 Å². The van der Waals surface area contributed by atoms with E-state index in [0.717, 1.165) is 4.60 Å². The fourth-order valence-electron chi connectivity index (χ4n) is 1.02. The predicted molar refractivity (Wildman–Crippen MR) is 58.5 cm³/mol. The molecule has 0 aliphatic rings. The van der Waals surface area contributed by atoms with Crippen LogP contribution in [0.3, 0.4) is 0 Å². The van der Waals surface area contributed by atoms with Gasteiger partial charge in [0.1, 0.15) is 0 Å². The topological polar surface area (TPSA) is 42.2 Å². The molecule has 3 nitrogen and oxygen atoms in total. The second kappa shape index (κ2) is 4.46. The summed E-state index contributed by atoms with van der Waals surface area (Å²) in [5, 5.41) is 8.75. The fourth-order valence-corrected chi connectivity index (χ4v) is 1.51. The summed E-state index contributed by atoms with van der Waals surface area (Å²) in [6.07, 6.45) is 3.66. The Morgan fingerprint density at radius 1 is 1.64 bits per heavy atom. The fraction of sp³-hybridized carbons (Fsp3) is 0.300. The zero-order valence-electron chi connectivity index (χ0n) is 8.12. The van der Waals surface area contributed by atoms with Gasteiger partial charge in [-0.05, 0) is 35.8 Å². The zero-order valence-corrected chi connectivity index (χ0v) is 9.71. The van der Waals surface area contributed by atoms with Crippen LogP contribution in [0.4, 0.5) is 0 Å². The van der Waals surface area contributed by atoms with Gasteiger partial charge in [0, 0.05) is 12.7 Å². The Morgan fingerprint density at radius 2 is 2.29 bits per heavy atom. The molecule has 1 aromatic heterocycles. The van der Waals surface area contributed by atoms with Crippen LogP contribution in [0.25, 0.3) is 0 Å². The van der Waals surface area contributed by atoms with E-state index in [1.165, 1.54) is 5.57 Å². The molecule has 14 heavy (non-hydrogen) atoms. The number of allylic oxidation sites excluding steroid dienone is 2. The van der Waals surface area contributed by atoms with Crippen molar-refractivity contribution in [2.45, 2.75) is 20.4 Å². The van der Waals surface area contributed by atoms with Crippen LogP contribution in [0.15, 0.2) is 28.5 Å². The molecule has 0 fully saturated rings. The van der Waals surface area contributed by atoms with Gasteiger partial charge in [-0.15, -0.1) is 0 Å². The summed E-state index contributed by atoms with van der Waals surface area (Å²) in [4.78, 5) is 10.7. The van der Waals surface area contributed by atoms with E-state index in [1.807, 2.05) is 24.5 Å². The Bertz CT molecular complexity index is 375. The van der Waals surface area contributed by atoms with Gasteiger partial charge >= 0.3 is 5.97 Å². The van der Waals surface area contributed by atoms with Gasteiger partial charge in [0.05, 0.1) is 10.2 Å². The third-order valence-electron chi connectivity index (χ3n) is 1.79. The second-order valence-corrected chi connectivity index (χ2v) is 4.10. The molecule has 1 aromatic rings. The Labute approximate surface area is 91.2 Å². The molecule has 4 heteroatoms. The lowest BCUT2D eigenvalue weighted by molar-refractivity contribution is 0.0697. The van der Waals surface area contributed by atoms with E-state index in [0.29, 0.717) is 12.1 Å². The van der Waals surface area contributed by atoms with Crippen molar-refractivity contribution in [2.75, 3.05) is 0 Å². The molecule has 0 unspecified atom stereocenters. The average molecular weight is 258 g/mol. The number of aromatic carboxylic acids is 1. The molecule has 0 radical (unpaired) electrons. The van der Waals surface area contributed by atoms with Crippen molar-refractivity contribution in [3.8, 4) is 0 Å². The Hall–Kier alpha value is -1.03. The average Bonchev–Trinajstić information content (AvgIpc) is 2.43. The molecule has 76 valence electrons. The van der Waals surface area contributed by atoms with Gasteiger partial charge in [-0.2, -0.15) is 0 Å². The molecule has 1 heterocycles. The van der Waals surface area contributed by atoms with Gasteiger partial charge in [0.15, 0.2) is 0 Å². The van der Waals surface area contributed by atoms with Crippen molar-refractivity contribution >= 4 is 21.9 Å². The van der Waals surface area contributed by atoms with Crippen LogP contribution in [0.5, 0.6) is 0 Å². The predicted octanol–water partition coefficient (Wildman–Crippen LogP) is 2.92. The quantitative estimate of drug-likeness (QED) is 0.847. The molecule has 0 atom stereocenters. The Morgan fingerprint density at radius 3 is 2.71 bits per heavy atom. The lowest BCUT2D eigenvalue weighted by atomic mass is 10.3. The molecule has 1 rings (SSSR count). The van der Waals surface area contributed by atoms with Gasteiger partial charge in [0.2, 0.25) is 0 Å². The maximum atomic E-state index is 10.7. The number of halogens is 1. The highest BCUT2D eigenvalue weighted by molar-refractivity contribution is 9.10. The van der Waals surface area contributed by atoms with E-state index >= 15 is 0 Å². The second-order valence-electron chi connectivity index (χ2n) is 3.29. The van der Waals surface area contributed by atoms with Crippen LogP contribution in [-0.4, -0.2) is 15.6 Å². The molecule has 0 saturated carbocycles. The normalized spacial score (nSPS) is 9.93. The number of carboxylic acid groups (broad SMARTS) is 1. The molecule has 1 N–H and O–H groups in total. The van der Waals surface area contributed by atoms with Gasteiger partial charge < -0.3 is 9.67 Å². The maximum Gasteiger partial charge on any atom is 0.337 e. The van der Waals surface area contributed by atoms with Crippen LogP contribution < -0.4 is 0 Å². The number of carboxylic acids is 1. The minimum Gasteiger partial charge on any atom is -0.478 e. The van der Waals surface area contributed by atoms with E-state index in [-0.39, 0.29) is 0 Å². The highest BCUT2D eigenvalue weighted by atomic mass is 79.9. The molecule has 0 aromatic carbocycles. The standard InChI is InChI=1S/C10H12BrNO2/c1-7(2)3-4-12-6-8(10(13)14)5-9(12)11/h3,5-6H,4H2,1-2H3,(H,13,14). The van der Waals surface area contributed by atoms with Crippen LogP contribution in [0.1, 0.15) is 24.2 Å².